The Labute approximate surface area is 332 Å². The molecule has 0 saturated carbocycles. The number of pyridine rings is 3. The SMILES string of the molecule is O=C(CCCCCCC(=O)Nc1cccnc1)NO.O=C(CCCCCCC(=O)Nc1cccnc1)NO.O=C(CCCCCCC(=O)Nc1cccnc1)NO. The van der Waals surface area contributed by atoms with Gasteiger partial charge in [0.2, 0.25) is 35.4 Å². The Bertz CT molecular complexity index is 1370. The van der Waals surface area contributed by atoms with E-state index < -0.39 is 0 Å². The van der Waals surface area contributed by atoms with E-state index in [4.69, 9.17) is 15.6 Å². The maximum absolute atomic E-state index is 11.6. The van der Waals surface area contributed by atoms with Crippen LogP contribution in [0.5, 0.6) is 0 Å². The number of hydroxylamine groups is 3. The number of nitrogens with one attached hydrogen (secondary N) is 6. The third-order valence-electron chi connectivity index (χ3n) is 7.88. The van der Waals surface area contributed by atoms with E-state index in [-0.39, 0.29) is 35.4 Å². The van der Waals surface area contributed by atoms with Gasteiger partial charge in [-0.25, -0.2) is 16.4 Å². The highest BCUT2D eigenvalue weighted by molar-refractivity contribution is 5.91. The summed E-state index contributed by atoms with van der Waals surface area (Å²) in [6.07, 6.45) is 21.9. The molecule has 3 aromatic rings. The van der Waals surface area contributed by atoms with Crippen molar-refractivity contribution in [1.29, 1.82) is 0 Å². The molecule has 0 radical (unpaired) electrons. The van der Waals surface area contributed by atoms with Crippen molar-refractivity contribution in [2.45, 2.75) is 116 Å². The molecule has 18 nitrogen and oxygen atoms in total. The summed E-state index contributed by atoms with van der Waals surface area (Å²) in [5.74, 6) is -1.18. The number of carbonyl (C=O) groups is 6. The lowest BCUT2D eigenvalue weighted by Gasteiger charge is -2.04. The summed E-state index contributed by atoms with van der Waals surface area (Å²) < 4.78 is 0. The topological polar surface area (TPSA) is 274 Å². The van der Waals surface area contributed by atoms with Crippen LogP contribution in [0.1, 0.15) is 116 Å². The molecule has 3 aromatic heterocycles. The van der Waals surface area contributed by atoms with Gasteiger partial charge in [0.25, 0.3) is 0 Å². The summed E-state index contributed by atoms with van der Waals surface area (Å²) in [6, 6.07) is 10.7. The third-order valence-corrected chi connectivity index (χ3v) is 7.88. The summed E-state index contributed by atoms with van der Waals surface area (Å²) in [5.41, 5.74) is 6.88. The lowest BCUT2D eigenvalue weighted by atomic mass is 10.1. The van der Waals surface area contributed by atoms with Crippen LogP contribution in [0.25, 0.3) is 0 Å². The number of hydrogen-bond acceptors (Lipinski definition) is 12. The van der Waals surface area contributed by atoms with E-state index in [1.165, 1.54) is 0 Å². The zero-order valence-corrected chi connectivity index (χ0v) is 32.3. The molecule has 312 valence electrons. The van der Waals surface area contributed by atoms with Crippen LogP contribution in [-0.2, 0) is 28.8 Å². The zero-order chi connectivity index (χ0) is 41.8. The van der Waals surface area contributed by atoms with Gasteiger partial charge in [0, 0.05) is 57.1 Å². The number of aromatic nitrogens is 3. The molecule has 9 N–H and O–H groups in total. The summed E-state index contributed by atoms with van der Waals surface area (Å²) >= 11 is 0. The normalized spacial score (nSPS) is 9.95. The van der Waals surface area contributed by atoms with Crippen LogP contribution in [0.4, 0.5) is 17.1 Å². The van der Waals surface area contributed by atoms with E-state index >= 15 is 0 Å². The number of anilines is 3. The molecule has 3 rings (SSSR count). The molecule has 0 aliphatic heterocycles. The lowest BCUT2D eigenvalue weighted by Crippen LogP contribution is -2.17. The fourth-order valence-corrected chi connectivity index (χ4v) is 4.92. The summed E-state index contributed by atoms with van der Waals surface area (Å²) in [6.45, 7) is 0. The van der Waals surface area contributed by atoms with Gasteiger partial charge in [-0.05, 0) is 74.9 Å². The molecule has 3 heterocycles. The lowest BCUT2D eigenvalue weighted by molar-refractivity contribution is -0.130. The fraction of sp³-hybridized carbons (Fsp3) is 0.462. The number of nitrogens with zero attached hydrogens (tertiary/aromatic N) is 3. The Morgan fingerprint density at radius 2 is 0.596 bits per heavy atom. The second-order valence-electron chi connectivity index (χ2n) is 12.7. The highest BCUT2D eigenvalue weighted by atomic mass is 16.5. The van der Waals surface area contributed by atoms with Crippen LogP contribution >= 0.6 is 0 Å². The maximum atomic E-state index is 11.6. The maximum Gasteiger partial charge on any atom is 0.243 e. The Morgan fingerprint density at radius 1 is 0.368 bits per heavy atom. The van der Waals surface area contributed by atoms with Crippen molar-refractivity contribution in [2.24, 2.45) is 0 Å². The minimum atomic E-state index is -0.366. The van der Waals surface area contributed by atoms with E-state index in [1.54, 1.807) is 90.0 Å². The minimum Gasteiger partial charge on any atom is -0.325 e. The summed E-state index contributed by atoms with van der Waals surface area (Å²) in [4.78, 5) is 78.6. The van der Waals surface area contributed by atoms with Gasteiger partial charge in [-0.2, -0.15) is 0 Å². The molecule has 0 bridgehead atoms. The van der Waals surface area contributed by atoms with Gasteiger partial charge in [0.15, 0.2) is 0 Å². The van der Waals surface area contributed by atoms with Gasteiger partial charge in [-0.15, -0.1) is 0 Å². The molecule has 0 atom stereocenters. The Hall–Kier alpha value is -5.85. The van der Waals surface area contributed by atoms with Gasteiger partial charge in [-0.3, -0.25) is 59.3 Å². The van der Waals surface area contributed by atoms with Gasteiger partial charge in [-0.1, -0.05) is 38.5 Å². The van der Waals surface area contributed by atoms with Crippen molar-refractivity contribution < 1.29 is 44.4 Å². The Balaban J connectivity index is 0.000000427. The van der Waals surface area contributed by atoms with Gasteiger partial charge >= 0.3 is 0 Å². The van der Waals surface area contributed by atoms with E-state index in [0.717, 1.165) is 77.0 Å². The summed E-state index contributed by atoms with van der Waals surface area (Å²) in [5, 5.41) is 33.2. The quantitative estimate of drug-likeness (QED) is 0.0305. The number of hydrogen-bond donors (Lipinski definition) is 9. The highest BCUT2D eigenvalue weighted by Gasteiger charge is 2.06. The molecule has 0 aliphatic rings. The van der Waals surface area contributed by atoms with E-state index in [0.29, 0.717) is 55.6 Å². The first-order chi connectivity index (χ1) is 27.7. The standard InChI is InChI=1S/3C13H19N3O3/c3*17-12(15-11-6-5-9-14-10-11)7-3-1-2-4-8-13(18)16-19/h3*5-6,9-10,19H,1-4,7-8H2,(H,15,17)(H,16,18). The molecule has 0 aliphatic carbocycles. The highest BCUT2D eigenvalue weighted by Crippen LogP contribution is 2.11. The predicted octanol–water partition coefficient (Wildman–Crippen LogP) is 5.60. The van der Waals surface area contributed by atoms with Gasteiger partial charge in [0.05, 0.1) is 35.7 Å². The smallest absolute Gasteiger partial charge is 0.243 e. The number of unbranched alkanes of at least 4 members (excludes halogenated alkanes) is 9. The average Bonchev–Trinajstić information content (AvgIpc) is 3.23. The first-order valence-electron chi connectivity index (χ1n) is 19.0. The van der Waals surface area contributed by atoms with Crippen molar-refractivity contribution in [2.75, 3.05) is 16.0 Å². The number of carbonyl (C=O) groups excluding carboxylic acids is 6. The summed E-state index contributed by atoms with van der Waals surface area (Å²) in [7, 11) is 0. The van der Waals surface area contributed by atoms with Crippen molar-refractivity contribution in [3.63, 3.8) is 0 Å². The van der Waals surface area contributed by atoms with Crippen molar-refractivity contribution in [3.05, 3.63) is 73.6 Å². The predicted molar refractivity (Wildman–Crippen MR) is 211 cm³/mol. The van der Waals surface area contributed by atoms with Crippen molar-refractivity contribution >= 4 is 52.5 Å². The van der Waals surface area contributed by atoms with E-state index in [2.05, 4.69) is 30.9 Å². The second kappa shape index (κ2) is 33.5. The molecule has 0 saturated heterocycles. The Kier molecular flexibility index (Phi) is 28.9. The zero-order valence-electron chi connectivity index (χ0n) is 32.3. The van der Waals surface area contributed by atoms with Crippen LogP contribution in [0, 0.1) is 0 Å². The monoisotopic (exact) mass is 795 g/mol. The van der Waals surface area contributed by atoms with Crippen LogP contribution in [0.2, 0.25) is 0 Å². The molecule has 0 fully saturated rings. The number of rotatable bonds is 24. The fourth-order valence-electron chi connectivity index (χ4n) is 4.92. The first kappa shape index (κ1) is 49.2. The van der Waals surface area contributed by atoms with E-state index in [9.17, 15) is 28.8 Å². The minimum absolute atomic E-state index is 0.0268. The molecule has 0 spiro atoms. The van der Waals surface area contributed by atoms with Crippen molar-refractivity contribution in [1.82, 2.24) is 31.4 Å². The Morgan fingerprint density at radius 3 is 0.789 bits per heavy atom. The molecule has 6 amide bonds. The average molecular weight is 796 g/mol. The molecule has 0 aromatic carbocycles. The largest absolute Gasteiger partial charge is 0.325 e. The van der Waals surface area contributed by atoms with Gasteiger partial charge in [0.1, 0.15) is 0 Å². The first-order valence-corrected chi connectivity index (χ1v) is 19.0. The second-order valence-corrected chi connectivity index (χ2v) is 12.7. The van der Waals surface area contributed by atoms with Crippen LogP contribution < -0.4 is 32.4 Å². The molecule has 0 unspecified atom stereocenters. The molecular formula is C39H57N9O9. The molecular weight excluding hydrogens is 738 g/mol. The van der Waals surface area contributed by atoms with Crippen LogP contribution in [0.3, 0.4) is 0 Å². The van der Waals surface area contributed by atoms with Crippen molar-refractivity contribution in [3.8, 4) is 0 Å². The molecule has 18 heteroatoms. The van der Waals surface area contributed by atoms with Crippen LogP contribution in [-0.4, -0.2) is 66.0 Å². The third kappa shape index (κ3) is 29.2. The van der Waals surface area contributed by atoms with Gasteiger partial charge < -0.3 is 16.0 Å². The van der Waals surface area contributed by atoms with Crippen LogP contribution in [0.15, 0.2) is 73.6 Å². The number of amides is 6. The molecule has 57 heavy (non-hydrogen) atoms. The van der Waals surface area contributed by atoms with E-state index in [1.807, 2.05) is 0 Å².